The normalized spacial score (nSPS) is 11.9. The molecule has 2 amide bonds. The summed E-state index contributed by atoms with van der Waals surface area (Å²) in [6, 6.07) is 4.03. The highest BCUT2D eigenvalue weighted by Crippen LogP contribution is 2.30. The van der Waals surface area contributed by atoms with Gasteiger partial charge in [0, 0.05) is 25.9 Å². The molecule has 0 aliphatic carbocycles. The molecule has 0 radical (unpaired) electrons. The smallest absolute Gasteiger partial charge is 0.385 e. The van der Waals surface area contributed by atoms with Gasteiger partial charge in [-0.1, -0.05) is 0 Å². The molecule has 0 spiro atoms. The van der Waals surface area contributed by atoms with Gasteiger partial charge in [-0.05, 0) is 44.5 Å². The first-order valence-corrected chi connectivity index (χ1v) is 7.35. The molecule has 0 heterocycles. The first-order chi connectivity index (χ1) is 11.1. The number of methoxy groups -OCH3 is 1. The minimum atomic E-state index is -4.44. The zero-order chi connectivity index (χ0) is 18.4. The molecule has 0 saturated carbocycles. The van der Waals surface area contributed by atoms with Crippen molar-refractivity contribution in [1.82, 2.24) is 5.32 Å². The summed E-state index contributed by atoms with van der Waals surface area (Å²) >= 11 is 0. The van der Waals surface area contributed by atoms with Crippen molar-refractivity contribution in [3.8, 4) is 0 Å². The van der Waals surface area contributed by atoms with Crippen LogP contribution in [0.1, 0.15) is 25.8 Å². The second kappa shape index (κ2) is 8.14. The van der Waals surface area contributed by atoms with Gasteiger partial charge in [0.2, 0.25) is 11.8 Å². The minimum absolute atomic E-state index is 0.188. The predicted octanol–water partition coefficient (Wildman–Crippen LogP) is 2.82. The van der Waals surface area contributed by atoms with Gasteiger partial charge in [-0.25, -0.2) is 0 Å². The molecule has 0 aliphatic heterocycles. The van der Waals surface area contributed by atoms with E-state index in [-0.39, 0.29) is 5.69 Å². The first kappa shape index (κ1) is 20.0. The molecule has 134 valence electrons. The molecular weight excluding hydrogens is 325 g/mol. The molecule has 0 saturated heterocycles. The van der Waals surface area contributed by atoms with Gasteiger partial charge in [0.05, 0.1) is 5.56 Å². The van der Waals surface area contributed by atoms with E-state index in [2.05, 4.69) is 10.6 Å². The van der Waals surface area contributed by atoms with Crippen LogP contribution in [0.4, 0.5) is 18.9 Å². The zero-order valence-corrected chi connectivity index (χ0v) is 13.8. The van der Waals surface area contributed by atoms with Crippen LogP contribution in [0.15, 0.2) is 24.3 Å². The van der Waals surface area contributed by atoms with Gasteiger partial charge in [0.1, 0.15) is 5.41 Å². The average molecular weight is 346 g/mol. The third-order valence-corrected chi connectivity index (χ3v) is 3.42. The van der Waals surface area contributed by atoms with Gasteiger partial charge in [-0.3, -0.25) is 9.59 Å². The minimum Gasteiger partial charge on any atom is -0.385 e. The fraction of sp³-hybridized carbons (Fsp3) is 0.500. The van der Waals surface area contributed by atoms with E-state index in [1.807, 2.05) is 0 Å². The number of nitrogens with one attached hydrogen (secondary N) is 2. The molecule has 0 aromatic heterocycles. The number of amides is 2. The van der Waals surface area contributed by atoms with Crippen molar-refractivity contribution in [1.29, 1.82) is 0 Å². The number of anilines is 1. The number of rotatable bonds is 7. The summed E-state index contributed by atoms with van der Waals surface area (Å²) in [6.45, 7) is 3.73. The third-order valence-electron chi connectivity index (χ3n) is 3.42. The molecule has 0 aliphatic rings. The third kappa shape index (κ3) is 5.52. The van der Waals surface area contributed by atoms with Crippen molar-refractivity contribution >= 4 is 17.5 Å². The van der Waals surface area contributed by atoms with Crippen LogP contribution in [0.25, 0.3) is 0 Å². The number of ether oxygens (including phenoxy) is 1. The quantitative estimate of drug-likeness (QED) is 0.589. The van der Waals surface area contributed by atoms with Crippen LogP contribution in [0.5, 0.6) is 0 Å². The maximum atomic E-state index is 12.5. The SMILES string of the molecule is COCCCNC(=O)C(C)(C)C(=O)Nc1ccc(C(F)(F)F)cc1. The number of carbonyl (C=O) groups is 2. The number of hydrogen-bond acceptors (Lipinski definition) is 3. The van der Waals surface area contributed by atoms with Crippen LogP contribution in [0.2, 0.25) is 0 Å². The molecular formula is C16H21F3N2O3. The Balaban J connectivity index is 2.66. The summed E-state index contributed by atoms with van der Waals surface area (Å²) in [6.07, 6.45) is -3.83. The van der Waals surface area contributed by atoms with Crippen LogP contribution in [-0.4, -0.2) is 32.1 Å². The Morgan fingerprint density at radius 3 is 2.17 bits per heavy atom. The predicted molar refractivity (Wildman–Crippen MR) is 83.4 cm³/mol. The summed E-state index contributed by atoms with van der Waals surface area (Å²) in [5, 5.41) is 5.08. The molecule has 5 nitrogen and oxygen atoms in total. The largest absolute Gasteiger partial charge is 0.416 e. The monoisotopic (exact) mass is 346 g/mol. The van der Waals surface area contributed by atoms with Crippen molar-refractivity contribution in [3.63, 3.8) is 0 Å². The topological polar surface area (TPSA) is 67.4 Å². The lowest BCUT2D eigenvalue weighted by atomic mass is 9.91. The highest BCUT2D eigenvalue weighted by Gasteiger charge is 2.36. The summed E-state index contributed by atoms with van der Waals surface area (Å²) in [5.74, 6) is -1.07. The van der Waals surface area contributed by atoms with E-state index in [1.54, 1.807) is 7.11 Å². The van der Waals surface area contributed by atoms with Crippen molar-refractivity contribution in [2.45, 2.75) is 26.4 Å². The van der Waals surface area contributed by atoms with E-state index in [1.165, 1.54) is 13.8 Å². The summed E-state index contributed by atoms with van der Waals surface area (Å²) in [4.78, 5) is 24.3. The lowest BCUT2D eigenvalue weighted by molar-refractivity contribution is -0.139. The van der Waals surface area contributed by atoms with Crippen molar-refractivity contribution in [2.24, 2.45) is 5.41 Å². The summed E-state index contributed by atoms with van der Waals surface area (Å²) in [5.41, 5.74) is -1.99. The Kier molecular flexibility index (Phi) is 6.77. The van der Waals surface area contributed by atoms with Gasteiger partial charge in [-0.2, -0.15) is 13.2 Å². The van der Waals surface area contributed by atoms with Gasteiger partial charge < -0.3 is 15.4 Å². The van der Waals surface area contributed by atoms with Gasteiger partial charge in [-0.15, -0.1) is 0 Å². The molecule has 1 rings (SSSR count). The molecule has 0 atom stereocenters. The fourth-order valence-corrected chi connectivity index (χ4v) is 1.77. The maximum Gasteiger partial charge on any atom is 0.416 e. The van der Waals surface area contributed by atoms with E-state index >= 15 is 0 Å². The van der Waals surface area contributed by atoms with Gasteiger partial charge >= 0.3 is 6.18 Å². The van der Waals surface area contributed by atoms with Crippen molar-refractivity contribution in [3.05, 3.63) is 29.8 Å². The Morgan fingerprint density at radius 1 is 1.08 bits per heavy atom. The number of benzene rings is 1. The van der Waals surface area contributed by atoms with E-state index < -0.39 is 29.0 Å². The van der Waals surface area contributed by atoms with Crippen LogP contribution >= 0.6 is 0 Å². The Bertz CT molecular complexity index is 569. The number of halogens is 3. The Morgan fingerprint density at radius 2 is 1.67 bits per heavy atom. The molecule has 0 fully saturated rings. The van der Waals surface area contributed by atoms with E-state index in [4.69, 9.17) is 4.74 Å². The van der Waals surface area contributed by atoms with Gasteiger partial charge in [0.25, 0.3) is 0 Å². The highest BCUT2D eigenvalue weighted by atomic mass is 19.4. The van der Waals surface area contributed by atoms with Crippen molar-refractivity contribution < 1.29 is 27.5 Å². The lowest BCUT2D eigenvalue weighted by Crippen LogP contribution is -2.45. The maximum absolute atomic E-state index is 12.5. The van der Waals surface area contributed by atoms with E-state index in [0.717, 1.165) is 24.3 Å². The molecule has 1 aromatic carbocycles. The summed E-state index contributed by atoms with van der Waals surface area (Å²) < 4.78 is 42.4. The molecule has 24 heavy (non-hydrogen) atoms. The molecule has 2 N–H and O–H groups in total. The fourth-order valence-electron chi connectivity index (χ4n) is 1.77. The van der Waals surface area contributed by atoms with Crippen LogP contribution in [0.3, 0.4) is 0 Å². The average Bonchev–Trinajstić information content (AvgIpc) is 2.50. The molecule has 0 bridgehead atoms. The molecule has 1 aromatic rings. The van der Waals surface area contributed by atoms with Gasteiger partial charge in [0.15, 0.2) is 0 Å². The standard InChI is InChI=1S/C16H21F3N2O3/c1-15(2,13(22)20-9-4-10-24-3)14(23)21-12-7-5-11(6-8-12)16(17,18)19/h5-8H,4,9-10H2,1-3H3,(H,20,22)(H,21,23). The number of hydrogen-bond donors (Lipinski definition) is 2. The number of carbonyl (C=O) groups excluding carboxylic acids is 2. The van der Waals surface area contributed by atoms with Crippen LogP contribution in [0, 0.1) is 5.41 Å². The zero-order valence-electron chi connectivity index (χ0n) is 13.8. The second-order valence-electron chi connectivity index (χ2n) is 5.76. The molecule has 8 heteroatoms. The number of alkyl halides is 3. The van der Waals surface area contributed by atoms with Crippen LogP contribution < -0.4 is 10.6 Å². The highest BCUT2D eigenvalue weighted by molar-refractivity contribution is 6.09. The second-order valence-corrected chi connectivity index (χ2v) is 5.76. The molecule has 0 unspecified atom stereocenters. The first-order valence-electron chi connectivity index (χ1n) is 7.35. The van der Waals surface area contributed by atoms with E-state index in [9.17, 15) is 22.8 Å². The van der Waals surface area contributed by atoms with E-state index in [0.29, 0.717) is 19.6 Å². The Hall–Kier alpha value is -2.09. The van der Waals surface area contributed by atoms with Crippen LogP contribution in [-0.2, 0) is 20.5 Å². The summed E-state index contributed by atoms with van der Waals surface area (Å²) in [7, 11) is 1.54. The Labute approximate surface area is 138 Å². The van der Waals surface area contributed by atoms with Crippen molar-refractivity contribution in [2.75, 3.05) is 25.6 Å². The lowest BCUT2D eigenvalue weighted by Gasteiger charge is -2.22.